The van der Waals surface area contributed by atoms with E-state index >= 15 is 0 Å². The number of nitrogens with zero attached hydrogens (tertiary/aromatic N) is 1. The van der Waals surface area contributed by atoms with Crippen molar-refractivity contribution in [2.75, 3.05) is 13.6 Å². The zero-order valence-electron chi connectivity index (χ0n) is 10.9. The average molecular weight is 244 g/mol. The summed E-state index contributed by atoms with van der Waals surface area (Å²) in [5, 5.41) is 11.4. The Morgan fingerprint density at radius 3 is 2.12 bits per heavy atom. The van der Waals surface area contributed by atoms with Crippen molar-refractivity contribution in [1.82, 2.24) is 10.2 Å². The molecule has 6 nitrogen and oxygen atoms in total. The zero-order valence-corrected chi connectivity index (χ0v) is 10.9. The van der Waals surface area contributed by atoms with Gasteiger partial charge in [-0.05, 0) is 27.7 Å². The van der Waals surface area contributed by atoms with Crippen LogP contribution in [0.3, 0.4) is 0 Å². The van der Waals surface area contributed by atoms with Gasteiger partial charge in [0.05, 0.1) is 6.54 Å². The largest absolute Gasteiger partial charge is 0.481 e. The fraction of sp³-hybridized carbons (Fsp3) is 0.727. The number of aliphatic carboxylic acids is 1. The smallest absolute Gasteiger partial charge is 0.315 e. The van der Waals surface area contributed by atoms with Gasteiger partial charge in [-0.15, -0.1) is 0 Å². The number of hydrogen-bond acceptors (Lipinski definition) is 3. The van der Waals surface area contributed by atoms with E-state index in [1.54, 1.807) is 0 Å². The van der Waals surface area contributed by atoms with Crippen LogP contribution >= 0.6 is 0 Å². The van der Waals surface area contributed by atoms with Crippen molar-refractivity contribution in [2.45, 2.75) is 33.2 Å². The summed E-state index contributed by atoms with van der Waals surface area (Å²) in [5.41, 5.74) is -0.376. The predicted octanol–water partition coefficient (Wildman–Crippen LogP) is 0.0802. The van der Waals surface area contributed by atoms with Gasteiger partial charge in [0.2, 0.25) is 11.8 Å². The lowest BCUT2D eigenvalue weighted by Gasteiger charge is -2.24. The highest BCUT2D eigenvalue weighted by Gasteiger charge is 2.25. The van der Waals surface area contributed by atoms with E-state index in [2.05, 4.69) is 5.32 Å². The van der Waals surface area contributed by atoms with Crippen molar-refractivity contribution in [1.29, 1.82) is 0 Å². The van der Waals surface area contributed by atoms with Crippen molar-refractivity contribution >= 4 is 17.8 Å². The molecule has 17 heavy (non-hydrogen) atoms. The molecule has 0 aromatic carbocycles. The summed E-state index contributed by atoms with van der Waals surface area (Å²) in [4.78, 5) is 34.8. The van der Waals surface area contributed by atoms with E-state index < -0.39 is 17.8 Å². The predicted molar refractivity (Wildman–Crippen MR) is 62.3 cm³/mol. The van der Waals surface area contributed by atoms with Crippen LogP contribution in [-0.2, 0) is 14.4 Å². The van der Waals surface area contributed by atoms with E-state index in [0.717, 1.165) is 4.90 Å². The molecule has 0 radical (unpaired) electrons. The lowest BCUT2D eigenvalue weighted by Crippen LogP contribution is -2.47. The zero-order chi connectivity index (χ0) is 13.8. The van der Waals surface area contributed by atoms with Gasteiger partial charge in [-0.3, -0.25) is 14.4 Å². The third-order valence-corrected chi connectivity index (χ3v) is 2.01. The Kier molecular flexibility index (Phi) is 5.12. The maximum absolute atomic E-state index is 11.6. The monoisotopic (exact) mass is 244 g/mol. The molecule has 0 fully saturated rings. The first kappa shape index (κ1) is 15.4. The van der Waals surface area contributed by atoms with Crippen molar-refractivity contribution < 1.29 is 19.5 Å². The molecule has 0 aliphatic carbocycles. The second kappa shape index (κ2) is 5.65. The number of likely N-dealkylation sites (N-methyl/N-ethyl adjacent to an activating group) is 1. The number of rotatable bonds is 4. The van der Waals surface area contributed by atoms with Crippen molar-refractivity contribution in [2.24, 2.45) is 5.92 Å². The van der Waals surface area contributed by atoms with Crippen LogP contribution in [0.15, 0.2) is 0 Å². The highest BCUT2D eigenvalue weighted by molar-refractivity contribution is 5.97. The van der Waals surface area contributed by atoms with E-state index in [0.29, 0.717) is 0 Å². The van der Waals surface area contributed by atoms with Crippen molar-refractivity contribution in [3.05, 3.63) is 0 Å². The summed E-state index contributed by atoms with van der Waals surface area (Å²) in [6, 6.07) is 0. The van der Waals surface area contributed by atoms with Gasteiger partial charge < -0.3 is 15.3 Å². The van der Waals surface area contributed by atoms with Crippen LogP contribution in [-0.4, -0.2) is 46.9 Å². The minimum Gasteiger partial charge on any atom is -0.481 e. The van der Waals surface area contributed by atoms with Gasteiger partial charge in [0, 0.05) is 12.6 Å². The number of hydrogen-bond donors (Lipinski definition) is 2. The Morgan fingerprint density at radius 1 is 1.29 bits per heavy atom. The highest BCUT2D eigenvalue weighted by atomic mass is 16.4. The van der Waals surface area contributed by atoms with Crippen LogP contribution in [0.4, 0.5) is 0 Å². The quantitative estimate of drug-likeness (QED) is 0.686. The van der Waals surface area contributed by atoms with Gasteiger partial charge in [0.25, 0.3) is 0 Å². The average Bonchev–Trinajstić information content (AvgIpc) is 2.11. The van der Waals surface area contributed by atoms with E-state index in [-0.39, 0.29) is 18.0 Å². The maximum atomic E-state index is 11.6. The number of carbonyl (C=O) groups is 3. The number of amides is 2. The van der Waals surface area contributed by atoms with Crippen LogP contribution in [0.5, 0.6) is 0 Å². The maximum Gasteiger partial charge on any atom is 0.315 e. The standard InChI is InChI=1S/C11H20N2O4/c1-7(10(16)17)9(15)13(5)6-8(14)12-11(2,3)4/h7H,6H2,1-5H3,(H,12,14)(H,16,17). The summed E-state index contributed by atoms with van der Waals surface area (Å²) >= 11 is 0. The van der Waals surface area contributed by atoms with Crippen molar-refractivity contribution in [3.63, 3.8) is 0 Å². The number of nitrogens with one attached hydrogen (secondary N) is 1. The Morgan fingerprint density at radius 2 is 1.76 bits per heavy atom. The van der Waals surface area contributed by atoms with E-state index in [4.69, 9.17) is 5.11 Å². The molecule has 1 atom stereocenters. The van der Waals surface area contributed by atoms with E-state index in [1.807, 2.05) is 20.8 Å². The fourth-order valence-corrected chi connectivity index (χ4v) is 1.19. The molecule has 0 saturated carbocycles. The Balaban J connectivity index is 4.36. The van der Waals surface area contributed by atoms with Crippen LogP contribution in [0.1, 0.15) is 27.7 Å². The Labute approximate surface area is 101 Å². The van der Waals surface area contributed by atoms with Crippen LogP contribution in [0, 0.1) is 5.92 Å². The lowest BCUT2D eigenvalue weighted by molar-refractivity contribution is -0.151. The molecule has 1 unspecified atom stereocenters. The normalized spacial score (nSPS) is 12.8. The number of carboxylic acids is 1. The summed E-state index contributed by atoms with van der Waals surface area (Å²) in [5.74, 6) is -3.23. The topological polar surface area (TPSA) is 86.7 Å². The molecule has 0 aliphatic rings. The van der Waals surface area contributed by atoms with Crippen molar-refractivity contribution in [3.8, 4) is 0 Å². The molecule has 98 valence electrons. The minimum absolute atomic E-state index is 0.145. The second-order valence-electron chi connectivity index (χ2n) is 5.05. The van der Waals surface area contributed by atoms with E-state index in [1.165, 1.54) is 14.0 Å². The first-order valence-electron chi connectivity index (χ1n) is 5.33. The number of carbonyl (C=O) groups excluding carboxylic acids is 2. The van der Waals surface area contributed by atoms with Gasteiger partial charge in [0.15, 0.2) is 0 Å². The van der Waals surface area contributed by atoms with Crippen LogP contribution < -0.4 is 5.32 Å². The van der Waals surface area contributed by atoms with Gasteiger partial charge in [-0.1, -0.05) is 0 Å². The molecule has 0 heterocycles. The number of carboxylic acid groups (broad SMARTS) is 1. The summed E-state index contributed by atoms with van der Waals surface area (Å²) in [7, 11) is 1.41. The lowest BCUT2D eigenvalue weighted by atomic mass is 10.1. The molecule has 0 bridgehead atoms. The third kappa shape index (κ3) is 5.89. The molecule has 2 N–H and O–H groups in total. The molecule has 0 aliphatic heterocycles. The second-order valence-corrected chi connectivity index (χ2v) is 5.05. The molecule has 0 rings (SSSR count). The molecule has 6 heteroatoms. The SMILES string of the molecule is CC(C(=O)O)C(=O)N(C)CC(=O)NC(C)(C)C. The first-order chi connectivity index (χ1) is 7.54. The molecule has 0 spiro atoms. The molecular formula is C11H20N2O4. The molecule has 0 aromatic rings. The van der Waals surface area contributed by atoms with Crippen LogP contribution in [0.25, 0.3) is 0 Å². The fourth-order valence-electron chi connectivity index (χ4n) is 1.19. The van der Waals surface area contributed by atoms with Gasteiger partial charge in [0.1, 0.15) is 5.92 Å². The van der Waals surface area contributed by atoms with Gasteiger partial charge >= 0.3 is 5.97 Å². The Bertz CT molecular complexity index is 320. The summed E-state index contributed by atoms with van der Waals surface area (Å²) in [6.45, 7) is 6.63. The Hall–Kier alpha value is -1.59. The summed E-state index contributed by atoms with van der Waals surface area (Å²) in [6.07, 6.45) is 0. The molecular weight excluding hydrogens is 224 g/mol. The third-order valence-electron chi connectivity index (χ3n) is 2.01. The molecule has 0 saturated heterocycles. The van der Waals surface area contributed by atoms with E-state index in [9.17, 15) is 14.4 Å². The van der Waals surface area contributed by atoms with Gasteiger partial charge in [-0.25, -0.2) is 0 Å². The summed E-state index contributed by atoms with van der Waals surface area (Å²) < 4.78 is 0. The highest BCUT2D eigenvalue weighted by Crippen LogP contribution is 2.02. The first-order valence-corrected chi connectivity index (χ1v) is 5.33. The molecule has 0 aromatic heterocycles. The minimum atomic E-state index is -1.20. The molecule has 2 amide bonds. The van der Waals surface area contributed by atoms with Crippen LogP contribution in [0.2, 0.25) is 0 Å². The van der Waals surface area contributed by atoms with Gasteiger partial charge in [-0.2, -0.15) is 0 Å².